The smallest absolute Gasteiger partial charge is 0.242 e. The molecule has 0 spiro atoms. The number of unbranched alkanes of at least 4 members (excludes halogenated alkanes) is 1. The Bertz CT molecular complexity index is 764. The van der Waals surface area contributed by atoms with E-state index in [0.717, 1.165) is 28.4 Å². The average molecular weight is 445 g/mol. The first-order valence-corrected chi connectivity index (χ1v) is 10.7. The minimum absolute atomic E-state index is 0.0121. The molecule has 0 fully saturated rings. The van der Waals surface area contributed by atoms with Crippen LogP contribution in [0.1, 0.15) is 44.2 Å². The zero-order valence-corrected chi connectivity index (χ0v) is 18.2. The highest BCUT2D eigenvalue weighted by Gasteiger charge is 2.25. The number of hydrogen-bond acceptors (Lipinski definition) is 2. The van der Waals surface area contributed by atoms with Crippen molar-refractivity contribution in [3.8, 4) is 0 Å². The first kappa shape index (κ1) is 22.2. The molecule has 0 aliphatic rings. The van der Waals surface area contributed by atoms with Gasteiger partial charge in [-0.3, -0.25) is 9.59 Å². The summed E-state index contributed by atoms with van der Waals surface area (Å²) in [5.41, 5.74) is 2.12. The molecule has 0 radical (unpaired) electrons. The van der Waals surface area contributed by atoms with Crippen LogP contribution >= 0.6 is 15.9 Å². The second kappa shape index (κ2) is 11.6. The molecule has 4 nitrogen and oxygen atoms in total. The summed E-state index contributed by atoms with van der Waals surface area (Å²) in [4.78, 5) is 27.3. The minimum Gasteiger partial charge on any atom is -0.354 e. The van der Waals surface area contributed by atoms with Crippen LogP contribution in [0, 0.1) is 0 Å². The zero-order chi connectivity index (χ0) is 20.4. The van der Waals surface area contributed by atoms with Gasteiger partial charge in [0.2, 0.25) is 11.8 Å². The molecule has 0 bridgehead atoms. The lowest BCUT2D eigenvalue weighted by molar-refractivity contribution is -0.140. The number of aryl methyl sites for hydroxylation is 1. The van der Waals surface area contributed by atoms with Crippen LogP contribution in [0.25, 0.3) is 0 Å². The number of nitrogens with zero attached hydrogens (tertiary/aromatic N) is 1. The number of rotatable bonds is 10. The van der Waals surface area contributed by atoms with Gasteiger partial charge in [0.05, 0.1) is 0 Å². The van der Waals surface area contributed by atoms with Crippen molar-refractivity contribution < 1.29 is 9.59 Å². The standard InChI is InChI=1S/C23H29BrN2O2/c1-3-4-15-25-23(28)18(2)26(17-20-11-8-12-21(24)16-20)22(27)14-13-19-9-6-5-7-10-19/h5-12,16,18H,3-4,13-15,17H2,1-2H3,(H,25,28). The first-order chi connectivity index (χ1) is 13.5. The Labute approximate surface area is 176 Å². The Morgan fingerprint density at radius 1 is 1.07 bits per heavy atom. The normalized spacial score (nSPS) is 11.7. The van der Waals surface area contributed by atoms with Gasteiger partial charge in [0, 0.05) is 24.0 Å². The number of carbonyl (C=O) groups excluding carboxylic acids is 2. The second-order valence-electron chi connectivity index (χ2n) is 6.96. The van der Waals surface area contributed by atoms with Crippen molar-refractivity contribution >= 4 is 27.7 Å². The molecule has 28 heavy (non-hydrogen) atoms. The topological polar surface area (TPSA) is 49.4 Å². The van der Waals surface area contributed by atoms with E-state index in [4.69, 9.17) is 0 Å². The Balaban J connectivity index is 2.09. The van der Waals surface area contributed by atoms with Crippen LogP contribution in [0.5, 0.6) is 0 Å². The summed E-state index contributed by atoms with van der Waals surface area (Å²) < 4.78 is 0.960. The number of carbonyl (C=O) groups is 2. The predicted molar refractivity (Wildman–Crippen MR) is 117 cm³/mol. The summed E-state index contributed by atoms with van der Waals surface area (Å²) in [7, 11) is 0. The number of nitrogens with one attached hydrogen (secondary N) is 1. The van der Waals surface area contributed by atoms with Gasteiger partial charge in [0.1, 0.15) is 6.04 Å². The fourth-order valence-corrected chi connectivity index (χ4v) is 3.44. The van der Waals surface area contributed by atoms with Crippen molar-refractivity contribution in [3.05, 3.63) is 70.2 Å². The molecular weight excluding hydrogens is 416 g/mol. The SMILES string of the molecule is CCCCNC(=O)C(C)N(Cc1cccc(Br)c1)C(=O)CCc1ccccc1. The Morgan fingerprint density at radius 2 is 1.79 bits per heavy atom. The lowest BCUT2D eigenvalue weighted by atomic mass is 10.1. The van der Waals surface area contributed by atoms with E-state index in [1.54, 1.807) is 11.8 Å². The van der Waals surface area contributed by atoms with Crippen molar-refractivity contribution in [1.82, 2.24) is 10.2 Å². The van der Waals surface area contributed by atoms with Gasteiger partial charge in [-0.2, -0.15) is 0 Å². The number of benzene rings is 2. The van der Waals surface area contributed by atoms with Crippen molar-refractivity contribution in [2.45, 2.75) is 52.1 Å². The Morgan fingerprint density at radius 3 is 2.46 bits per heavy atom. The van der Waals surface area contributed by atoms with Crippen LogP contribution in [0.2, 0.25) is 0 Å². The molecular formula is C23H29BrN2O2. The third-order valence-corrected chi connectivity index (χ3v) is 5.20. The molecule has 2 aromatic rings. The Hall–Kier alpha value is -2.14. The molecule has 0 saturated carbocycles. The van der Waals surface area contributed by atoms with E-state index in [9.17, 15) is 9.59 Å². The maximum Gasteiger partial charge on any atom is 0.242 e. The van der Waals surface area contributed by atoms with E-state index in [1.165, 1.54) is 0 Å². The highest BCUT2D eigenvalue weighted by Crippen LogP contribution is 2.16. The molecule has 0 aliphatic carbocycles. The fourth-order valence-electron chi connectivity index (χ4n) is 2.99. The van der Waals surface area contributed by atoms with Gasteiger partial charge >= 0.3 is 0 Å². The van der Waals surface area contributed by atoms with E-state index in [0.29, 0.717) is 25.9 Å². The molecule has 2 aromatic carbocycles. The van der Waals surface area contributed by atoms with Crippen LogP contribution in [-0.4, -0.2) is 29.3 Å². The maximum atomic E-state index is 13.0. The van der Waals surface area contributed by atoms with Gasteiger partial charge in [-0.1, -0.05) is 71.7 Å². The summed E-state index contributed by atoms with van der Waals surface area (Å²) in [6.07, 6.45) is 3.00. The van der Waals surface area contributed by atoms with Gasteiger partial charge in [-0.25, -0.2) is 0 Å². The molecule has 0 heterocycles. The molecule has 5 heteroatoms. The van der Waals surface area contributed by atoms with Crippen LogP contribution < -0.4 is 5.32 Å². The molecule has 1 N–H and O–H groups in total. The summed E-state index contributed by atoms with van der Waals surface area (Å²) in [5, 5.41) is 2.95. The lowest BCUT2D eigenvalue weighted by Gasteiger charge is -2.29. The summed E-state index contributed by atoms with van der Waals surface area (Å²) in [6, 6.07) is 17.3. The van der Waals surface area contributed by atoms with Crippen molar-refractivity contribution in [3.63, 3.8) is 0 Å². The van der Waals surface area contributed by atoms with Crippen LogP contribution in [0.15, 0.2) is 59.1 Å². The van der Waals surface area contributed by atoms with E-state index >= 15 is 0 Å². The lowest BCUT2D eigenvalue weighted by Crippen LogP contribution is -2.47. The van der Waals surface area contributed by atoms with E-state index in [-0.39, 0.29) is 11.8 Å². The number of hydrogen-bond donors (Lipinski definition) is 1. The molecule has 0 aromatic heterocycles. The molecule has 1 unspecified atom stereocenters. The second-order valence-corrected chi connectivity index (χ2v) is 7.87. The van der Waals surface area contributed by atoms with Crippen molar-refractivity contribution in [2.24, 2.45) is 0 Å². The maximum absolute atomic E-state index is 13.0. The van der Waals surface area contributed by atoms with Gasteiger partial charge < -0.3 is 10.2 Å². The van der Waals surface area contributed by atoms with Crippen molar-refractivity contribution in [1.29, 1.82) is 0 Å². The largest absolute Gasteiger partial charge is 0.354 e. The van der Waals surface area contributed by atoms with Gasteiger partial charge in [0.15, 0.2) is 0 Å². The highest BCUT2D eigenvalue weighted by atomic mass is 79.9. The predicted octanol–water partition coefficient (Wildman–Crippen LogP) is 4.72. The number of amides is 2. The monoisotopic (exact) mass is 444 g/mol. The third kappa shape index (κ3) is 7.12. The molecule has 1 atom stereocenters. The van der Waals surface area contributed by atoms with Crippen molar-refractivity contribution in [2.75, 3.05) is 6.54 Å². The van der Waals surface area contributed by atoms with Gasteiger partial charge in [-0.05, 0) is 43.0 Å². The molecule has 2 rings (SSSR count). The van der Waals surface area contributed by atoms with E-state index in [2.05, 4.69) is 28.2 Å². The van der Waals surface area contributed by atoms with Gasteiger partial charge in [0.25, 0.3) is 0 Å². The van der Waals surface area contributed by atoms with E-state index in [1.807, 2.05) is 54.6 Å². The summed E-state index contributed by atoms with van der Waals surface area (Å²) in [6.45, 7) is 4.94. The molecule has 0 saturated heterocycles. The quantitative estimate of drug-likeness (QED) is 0.539. The fraction of sp³-hybridized carbons (Fsp3) is 0.391. The highest BCUT2D eigenvalue weighted by molar-refractivity contribution is 9.10. The van der Waals surface area contributed by atoms with Crippen LogP contribution in [0.4, 0.5) is 0 Å². The van der Waals surface area contributed by atoms with Gasteiger partial charge in [-0.15, -0.1) is 0 Å². The average Bonchev–Trinajstić information content (AvgIpc) is 2.70. The van der Waals surface area contributed by atoms with E-state index < -0.39 is 6.04 Å². The first-order valence-electron chi connectivity index (χ1n) is 9.86. The number of halogens is 1. The molecule has 0 aliphatic heterocycles. The van der Waals surface area contributed by atoms with Crippen LogP contribution in [-0.2, 0) is 22.6 Å². The zero-order valence-electron chi connectivity index (χ0n) is 16.7. The molecule has 150 valence electrons. The minimum atomic E-state index is -0.515. The van der Waals surface area contributed by atoms with Crippen LogP contribution in [0.3, 0.4) is 0 Å². The summed E-state index contributed by atoms with van der Waals surface area (Å²) >= 11 is 3.48. The third-order valence-electron chi connectivity index (χ3n) is 4.71. The molecule has 2 amide bonds. The summed E-state index contributed by atoms with van der Waals surface area (Å²) in [5.74, 6) is -0.113. The Kier molecular flexibility index (Phi) is 9.21.